The molecule has 1 unspecified atom stereocenters. The fraction of sp³-hybridized carbons (Fsp3) is 0.462. The number of nitrogens with two attached hydrogens (primary N) is 1. The van der Waals surface area contributed by atoms with Gasteiger partial charge in [0.25, 0.3) is 0 Å². The molecule has 0 amide bonds. The molecule has 0 aromatic heterocycles. The molecule has 0 spiro atoms. The van der Waals surface area contributed by atoms with Crippen molar-refractivity contribution in [3.63, 3.8) is 0 Å². The third-order valence-corrected chi connectivity index (χ3v) is 2.72. The van der Waals surface area contributed by atoms with Crippen LogP contribution in [0, 0.1) is 5.92 Å². The molecule has 1 aliphatic rings. The average Bonchev–Trinajstić information content (AvgIpc) is 2.87. The number of nitrogen functional groups attached to an aromatic ring is 1. The zero-order chi connectivity index (χ0) is 12.8. The first-order chi connectivity index (χ1) is 8.74. The van der Waals surface area contributed by atoms with E-state index in [1.165, 1.54) is 0 Å². The first kappa shape index (κ1) is 12.7. The Bertz CT molecular complexity index is 402. The molecule has 18 heavy (non-hydrogen) atoms. The SMILES string of the molecule is Nc1cccc(OCC(=O)OCC2CCOC2)c1. The summed E-state index contributed by atoms with van der Waals surface area (Å²) in [5.74, 6) is 0.516. The third-order valence-electron chi connectivity index (χ3n) is 2.72. The highest BCUT2D eigenvalue weighted by Gasteiger charge is 2.17. The van der Waals surface area contributed by atoms with Crippen LogP contribution in [0.4, 0.5) is 5.69 Å². The van der Waals surface area contributed by atoms with Crippen LogP contribution in [0.2, 0.25) is 0 Å². The molecule has 0 aliphatic carbocycles. The van der Waals surface area contributed by atoms with Crippen molar-refractivity contribution in [3.8, 4) is 5.75 Å². The molecule has 2 rings (SSSR count). The van der Waals surface area contributed by atoms with Gasteiger partial charge >= 0.3 is 5.97 Å². The Morgan fingerprint density at radius 2 is 2.39 bits per heavy atom. The fourth-order valence-electron chi connectivity index (χ4n) is 1.71. The van der Waals surface area contributed by atoms with Crippen LogP contribution in [0.15, 0.2) is 24.3 Å². The van der Waals surface area contributed by atoms with Gasteiger partial charge in [-0.25, -0.2) is 4.79 Å². The lowest BCUT2D eigenvalue weighted by Crippen LogP contribution is -2.19. The number of rotatable bonds is 5. The van der Waals surface area contributed by atoms with Gasteiger partial charge in [-0.05, 0) is 18.6 Å². The molecule has 1 aromatic carbocycles. The van der Waals surface area contributed by atoms with Crippen LogP contribution in [-0.4, -0.2) is 32.4 Å². The van der Waals surface area contributed by atoms with E-state index < -0.39 is 0 Å². The number of carbonyl (C=O) groups excluding carboxylic acids is 1. The van der Waals surface area contributed by atoms with Crippen molar-refractivity contribution in [3.05, 3.63) is 24.3 Å². The van der Waals surface area contributed by atoms with Gasteiger partial charge in [-0.15, -0.1) is 0 Å². The summed E-state index contributed by atoms with van der Waals surface area (Å²) in [6, 6.07) is 6.93. The molecule has 1 atom stereocenters. The van der Waals surface area contributed by atoms with Crippen molar-refractivity contribution in [1.29, 1.82) is 0 Å². The number of ether oxygens (including phenoxy) is 3. The number of anilines is 1. The van der Waals surface area contributed by atoms with Gasteiger partial charge in [-0.2, -0.15) is 0 Å². The zero-order valence-electron chi connectivity index (χ0n) is 10.1. The van der Waals surface area contributed by atoms with Crippen LogP contribution in [0.1, 0.15) is 6.42 Å². The van der Waals surface area contributed by atoms with E-state index in [0.717, 1.165) is 13.0 Å². The van der Waals surface area contributed by atoms with Crippen molar-refractivity contribution in [1.82, 2.24) is 0 Å². The summed E-state index contributed by atoms with van der Waals surface area (Å²) in [4.78, 5) is 11.4. The zero-order valence-corrected chi connectivity index (χ0v) is 10.1. The van der Waals surface area contributed by atoms with Crippen molar-refractivity contribution < 1.29 is 19.0 Å². The van der Waals surface area contributed by atoms with E-state index in [-0.39, 0.29) is 12.6 Å². The van der Waals surface area contributed by atoms with Crippen LogP contribution in [0.5, 0.6) is 5.75 Å². The largest absolute Gasteiger partial charge is 0.482 e. The van der Waals surface area contributed by atoms with E-state index in [4.69, 9.17) is 19.9 Å². The molecule has 98 valence electrons. The quantitative estimate of drug-likeness (QED) is 0.629. The van der Waals surface area contributed by atoms with Gasteiger partial charge in [-0.3, -0.25) is 0 Å². The van der Waals surface area contributed by atoms with Gasteiger partial charge in [0.2, 0.25) is 0 Å². The van der Waals surface area contributed by atoms with Crippen LogP contribution in [0.3, 0.4) is 0 Å². The topological polar surface area (TPSA) is 70.8 Å². The molecular weight excluding hydrogens is 234 g/mol. The standard InChI is InChI=1S/C13H17NO4/c14-11-2-1-3-12(6-11)17-9-13(15)18-8-10-4-5-16-7-10/h1-3,6,10H,4-5,7-9,14H2. The summed E-state index contributed by atoms with van der Waals surface area (Å²) in [6.45, 7) is 1.72. The smallest absolute Gasteiger partial charge is 0.344 e. The van der Waals surface area contributed by atoms with E-state index >= 15 is 0 Å². The van der Waals surface area contributed by atoms with Crippen molar-refractivity contribution in [2.45, 2.75) is 6.42 Å². The Kier molecular flexibility index (Phi) is 4.41. The van der Waals surface area contributed by atoms with Crippen LogP contribution in [0.25, 0.3) is 0 Å². The molecular formula is C13H17NO4. The predicted octanol–water partition coefficient (Wildman–Crippen LogP) is 1.23. The van der Waals surface area contributed by atoms with Gasteiger partial charge in [0.15, 0.2) is 6.61 Å². The van der Waals surface area contributed by atoms with Gasteiger partial charge < -0.3 is 19.9 Å². The number of benzene rings is 1. The molecule has 0 radical (unpaired) electrons. The van der Waals surface area contributed by atoms with E-state index in [0.29, 0.717) is 30.6 Å². The van der Waals surface area contributed by atoms with Gasteiger partial charge in [0.05, 0.1) is 13.2 Å². The maximum Gasteiger partial charge on any atom is 0.344 e. The van der Waals surface area contributed by atoms with Gasteiger partial charge in [-0.1, -0.05) is 6.07 Å². The highest BCUT2D eigenvalue weighted by Crippen LogP contribution is 2.15. The Hall–Kier alpha value is -1.75. The summed E-state index contributed by atoms with van der Waals surface area (Å²) in [7, 11) is 0. The molecule has 5 nitrogen and oxygen atoms in total. The molecule has 5 heteroatoms. The van der Waals surface area contributed by atoms with Crippen molar-refractivity contribution in [2.24, 2.45) is 5.92 Å². The first-order valence-electron chi connectivity index (χ1n) is 5.96. The van der Waals surface area contributed by atoms with E-state index in [9.17, 15) is 4.79 Å². The summed E-state index contributed by atoms with van der Waals surface area (Å²) < 4.78 is 15.6. The van der Waals surface area contributed by atoms with Crippen molar-refractivity contribution in [2.75, 3.05) is 32.2 Å². The second-order valence-corrected chi connectivity index (χ2v) is 4.27. The number of hydrogen-bond donors (Lipinski definition) is 1. The van der Waals surface area contributed by atoms with Crippen LogP contribution >= 0.6 is 0 Å². The van der Waals surface area contributed by atoms with Crippen molar-refractivity contribution >= 4 is 11.7 Å². The monoisotopic (exact) mass is 251 g/mol. The fourth-order valence-corrected chi connectivity index (χ4v) is 1.71. The molecule has 1 saturated heterocycles. The molecule has 1 aliphatic heterocycles. The van der Waals surface area contributed by atoms with E-state index in [2.05, 4.69) is 0 Å². The lowest BCUT2D eigenvalue weighted by Gasteiger charge is -2.10. The summed E-state index contributed by atoms with van der Waals surface area (Å²) >= 11 is 0. The summed E-state index contributed by atoms with van der Waals surface area (Å²) in [5.41, 5.74) is 6.20. The maximum absolute atomic E-state index is 11.4. The van der Waals surface area contributed by atoms with Crippen LogP contribution < -0.4 is 10.5 Å². The normalized spacial score (nSPS) is 18.6. The van der Waals surface area contributed by atoms with Gasteiger partial charge in [0, 0.05) is 24.3 Å². The molecule has 0 bridgehead atoms. The Balaban J connectivity index is 1.68. The first-order valence-corrected chi connectivity index (χ1v) is 5.96. The van der Waals surface area contributed by atoms with Crippen LogP contribution in [-0.2, 0) is 14.3 Å². The third kappa shape index (κ3) is 3.92. The minimum Gasteiger partial charge on any atom is -0.482 e. The predicted molar refractivity (Wildman–Crippen MR) is 66.2 cm³/mol. The average molecular weight is 251 g/mol. The Labute approximate surface area is 106 Å². The highest BCUT2D eigenvalue weighted by molar-refractivity contribution is 5.71. The lowest BCUT2D eigenvalue weighted by atomic mass is 10.1. The maximum atomic E-state index is 11.4. The lowest BCUT2D eigenvalue weighted by molar-refractivity contribution is -0.147. The Morgan fingerprint density at radius 1 is 1.50 bits per heavy atom. The molecule has 2 N–H and O–H groups in total. The number of hydrogen-bond acceptors (Lipinski definition) is 5. The highest BCUT2D eigenvalue weighted by atomic mass is 16.6. The second-order valence-electron chi connectivity index (χ2n) is 4.27. The minimum atomic E-state index is -0.371. The summed E-state index contributed by atoms with van der Waals surface area (Å²) in [6.07, 6.45) is 0.948. The summed E-state index contributed by atoms with van der Waals surface area (Å²) in [5, 5.41) is 0. The molecule has 1 heterocycles. The molecule has 1 fully saturated rings. The molecule has 1 aromatic rings. The minimum absolute atomic E-state index is 0.100. The number of esters is 1. The number of carbonyl (C=O) groups is 1. The van der Waals surface area contributed by atoms with Gasteiger partial charge in [0.1, 0.15) is 5.75 Å². The molecule has 0 saturated carbocycles. The van der Waals surface area contributed by atoms with E-state index in [1.807, 2.05) is 0 Å². The van der Waals surface area contributed by atoms with E-state index in [1.54, 1.807) is 24.3 Å². The Morgan fingerprint density at radius 3 is 3.11 bits per heavy atom. The second kappa shape index (κ2) is 6.26.